The van der Waals surface area contributed by atoms with E-state index >= 15 is 0 Å². The summed E-state index contributed by atoms with van der Waals surface area (Å²) < 4.78 is 5.42. The first kappa shape index (κ1) is 8.10. The Hall–Kier alpha value is -1.51. The molecule has 1 atom stereocenters. The van der Waals surface area contributed by atoms with Crippen LogP contribution in [0, 0.1) is 0 Å². The average molecular weight is 177 g/mol. The van der Waals surface area contributed by atoms with Crippen molar-refractivity contribution in [1.82, 2.24) is 0 Å². The molecule has 68 valence electrons. The van der Waals surface area contributed by atoms with Crippen LogP contribution in [0.4, 0.5) is 5.69 Å². The second-order valence-corrected chi connectivity index (χ2v) is 3.25. The molecule has 2 N–H and O–H groups in total. The van der Waals surface area contributed by atoms with Crippen molar-refractivity contribution < 1.29 is 9.53 Å². The fraction of sp³-hybridized carbons (Fsp3) is 0.300. The molecule has 1 unspecified atom stereocenters. The Balaban J connectivity index is 2.35. The lowest BCUT2D eigenvalue weighted by molar-refractivity contribution is -0.122. The molecule has 0 bridgehead atoms. The number of hydrogen-bond donors (Lipinski definition) is 1. The van der Waals surface area contributed by atoms with Crippen LogP contribution in [0.2, 0.25) is 0 Å². The van der Waals surface area contributed by atoms with E-state index in [1.54, 1.807) is 0 Å². The lowest BCUT2D eigenvalue weighted by Gasteiger charge is -2.04. The number of Topliss-reactive ketones (excluding diaryl/α,β-unsaturated/α-hetero) is 1. The Morgan fingerprint density at radius 3 is 3.00 bits per heavy atom. The van der Waals surface area contributed by atoms with Gasteiger partial charge in [0.15, 0.2) is 11.9 Å². The van der Waals surface area contributed by atoms with Crippen LogP contribution < -0.4 is 10.5 Å². The largest absolute Gasteiger partial charge is 0.482 e. The molecule has 1 aliphatic heterocycles. The second kappa shape index (κ2) is 2.76. The third kappa shape index (κ3) is 1.26. The lowest BCUT2D eigenvalue weighted by atomic mass is 10.1. The summed E-state index contributed by atoms with van der Waals surface area (Å²) >= 11 is 0. The van der Waals surface area contributed by atoms with Crippen LogP contribution >= 0.6 is 0 Å². The number of nitrogens with two attached hydrogens (primary N) is 1. The molecule has 0 radical (unpaired) electrons. The van der Waals surface area contributed by atoms with Crippen molar-refractivity contribution in [2.24, 2.45) is 0 Å². The van der Waals surface area contributed by atoms with Gasteiger partial charge in [0.1, 0.15) is 5.75 Å². The summed E-state index contributed by atoms with van der Waals surface area (Å²) in [5.41, 5.74) is 7.41. The molecule has 1 aromatic carbocycles. The molecular weight excluding hydrogens is 166 g/mol. The molecule has 0 fully saturated rings. The lowest BCUT2D eigenvalue weighted by Crippen LogP contribution is -2.22. The van der Waals surface area contributed by atoms with Gasteiger partial charge >= 0.3 is 0 Å². The Morgan fingerprint density at radius 1 is 1.62 bits per heavy atom. The van der Waals surface area contributed by atoms with Crippen molar-refractivity contribution in [3.8, 4) is 5.75 Å². The normalized spacial score (nSPS) is 19.3. The van der Waals surface area contributed by atoms with Crippen LogP contribution in [0.5, 0.6) is 5.75 Å². The maximum atomic E-state index is 11.1. The zero-order chi connectivity index (χ0) is 9.42. The van der Waals surface area contributed by atoms with Gasteiger partial charge in [0, 0.05) is 17.7 Å². The number of anilines is 1. The predicted octanol–water partition coefficient (Wildman–Crippen LogP) is 1.16. The van der Waals surface area contributed by atoms with Crippen LogP contribution in [0.3, 0.4) is 0 Å². The number of fused-ring (bicyclic) bond motifs is 1. The molecule has 0 saturated heterocycles. The molecule has 0 spiro atoms. The van der Waals surface area contributed by atoms with Gasteiger partial charge in [-0.3, -0.25) is 4.79 Å². The average Bonchev–Trinajstić information content (AvgIpc) is 2.49. The van der Waals surface area contributed by atoms with Gasteiger partial charge in [-0.1, -0.05) is 6.07 Å². The van der Waals surface area contributed by atoms with E-state index < -0.39 is 0 Å². The minimum absolute atomic E-state index is 0.0515. The monoisotopic (exact) mass is 177 g/mol. The molecule has 2 rings (SSSR count). The Bertz CT molecular complexity index is 360. The summed E-state index contributed by atoms with van der Waals surface area (Å²) in [5.74, 6) is 0.802. The van der Waals surface area contributed by atoms with E-state index in [0.29, 0.717) is 12.1 Å². The van der Waals surface area contributed by atoms with Crippen LogP contribution in [0.25, 0.3) is 0 Å². The van der Waals surface area contributed by atoms with Crippen LogP contribution in [-0.4, -0.2) is 11.9 Å². The maximum absolute atomic E-state index is 11.1. The fourth-order valence-electron chi connectivity index (χ4n) is 1.52. The molecule has 0 aliphatic carbocycles. The number of hydrogen-bond acceptors (Lipinski definition) is 3. The van der Waals surface area contributed by atoms with E-state index in [4.69, 9.17) is 10.5 Å². The summed E-state index contributed by atoms with van der Waals surface area (Å²) in [6.45, 7) is 1.53. The van der Waals surface area contributed by atoms with Gasteiger partial charge in [-0.25, -0.2) is 0 Å². The van der Waals surface area contributed by atoms with E-state index in [0.717, 1.165) is 11.3 Å². The standard InChI is InChI=1S/C10H11NO2/c1-6(12)10-5-7-8(11)3-2-4-9(7)13-10/h2-4,10H,5,11H2,1H3. The number of nitrogen functional groups attached to an aromatic ring is 1. The molecule has 0 amide bonds. The molecule has 1 aromatic rings. The van der Waals surface area contributed by atoms with Gasteiger partial charge < -0.3 is 10.5 Å². The van der Waals surface area contributed by atoms with Crippen molar-refractivity contribution in [2.75, 3.05) is 5.73 Å². The van der Waals surface area contributed by atoms with Gasteiger partial charge in [0.25, 0.3) is 0 Å². The molecule has 0 saturated carbocycles. The molecule has 3 heteroatoms. The van der Waals surface area contributed by atoms with E-state index in [1.807, 2.05) is 18.2 Å². The Morgan fingerprint density at radius 2 is 2.38 bits per heavy atom. The van der Waals surface area contributed by atoms with Crippen molar-refractivity contribution in [3.63, 3.8) is 0 Å². The van der Waals surface area contributed by atoms with E-state index in [1.165, 1.54) is 6.92 Å². The summed E-state index contributed by atoms with van der Waals surface area (Å²) in [4.78, 5) is 11.1. The molecule has 1 aliphatic rings. The van der Waals surface area contributed by atoms with Gasteiger partial charge in [0.05, 0.1) is 0 Å². The minimum Gasteiger partial charge on any atom is -0.482 e. The molecule has 0 aromatic heterocycles. The first-order valence-electron chi connectivity index (χ1n) is 4.23. The molecular formula is C10H11NO2. The highest BCUT2D eigenvalue weighted by Gasteiger charge is 2.27. The van der Waals surface area contributed by atoms with Crippen molar-refractivity contribution in [3.05, 3.63) is 23.8 Å². The summed E-state index contributed by atoms with van der Waals surface area (Å²) in [6, 6.07) is 5.50. The zero-order valence-corrected chi connectivity index (χ0v) is 7.41. The number of ether oxygens (including phenoxy) is 1. The molecule has 1 heterocycles. The topological polar surface area (TPSA) is 52.3 Å². The van der Waals surface area contributed by atoms with Gasteiger partial charge in [-0.05, 0) is 19.1 Å². The Labute approximate surface area is 76.5 Å². The van der Waals surface area contributed by atoms with Crippen LogP contribution in [-0.2, 0) is 11.2 Å². The second-order valence-electron chi connectivity index (χ2n) is 3.25. The molecule has 13 heavy (non-hydrogen) atoms. The third-order valence-corrected chi connectivity index (χ3v) is 2.28. The van der Waals surface area contributed by atoms with Gasteiger partial charge in [0.2, 0.25) is 0 Å². The third-order valence-electron chi connectivity index (χ3n) is 2.28. The minimum atomic E-state index is -0.334. The van der Waals surface area contributed by atoms with Crippen LogP contribution in [0.15, 0.2) is 18.2 Å². The van der Waals surface area contributed by atoms with Crippen molar-refractivity contribution >= 4 is 11.5 Å². The van der Waals surface area contributed by atoms with Gasteiger partial charge in [-0.15, -0.1) is 0 Å². The Kier molecular flexibility index (Phi) is 1.72. The van der Waals surface area contributed by atoms with E-state index in [9.17, 15) is 4.79 Å². The summed E-state index contributed by atoms with van der Waals surface area (Å²) in [6.07, 6.45) is 0.275. The fourth-order valence-corrected chi connectivity index (χ4v) is 1.52. The number of carbonyl (C=O) groups excluding carboxylic acids is 1. The number of rotatable bonds is 1. The van der Waals surface area contributed by atoms with Crippen LogP contribution in [0.1, 0.15) is 12.5 Å². The van der Waals surface area contributed by atoms with Crippen molar-refractivity contribution in [1.29, 1.82) is 0 Å². The maximum Gasteiger partial charge on any atom is 0.170 e. The highest BCUT2D eigenvalue weighted by Crippen LogP contribution is 2.32. The first-order valence-corrected chi connectivity index (χ1v) is 4.23. The smallest absolute Gasteiger partial charge is 0.170 e. The summed E-state index contributed by atoms with van der Waals surface area (Å²) in [7, 11) is 0. The SMILES string of the molecule is CC(=O)C1Cc2c(N)cccc2O1. The number of ketones is 1. The predicted molar refractivity (Wildman–Crippen MR) is 49.7 cm³/mol. The number of carbonyl (C=O) groups is 1. The number of benzene rings is 1. The van der Waals surface area contributed by atoms with E-state index in [2.05, 4.69) is 0 Å². The van der Waals surface area contributed by atoms with E-state index in [-0.39, 0.29) is 11.9 Å². The highest BCUT2D eigenvalue weighted by molar-refractivity contribution is 5.82. The van der Waals surface area contributed by atoms with Gasteiger partial charge in [-0.2, -0.15) is 0 Å². The molecule has 3 nitrogen and oxygen atoms in total. The quantitative estimate of drug-likeness (QED) is 0.655. The highest BCUT2D eigenvalue weighted by atomic mass is 16.5. The zero-order valence-electron chi connectivity index (χ0n) is 7.41. The summed E-state index contributed by atoms with van der Waals surface area (Å²) in [5, 5.41) is 0. The van der Waals surface area contributed by atoms with Crippen molar-refractivity contribution in [2.45, 2.75) is 19.4 Å². The first-order chi connectivity index (χ1) is 6.18.